The molecule has 1 aromatic heterocycles. The molecule has 8 heteroatoms. The SMILES string of the molecule is O=c1ccn(C2C[C@H](O)[C@@H](C(O)Br)O2)c(=O)[nH]1. The van der Waals surface area contributed by atoms with Crippen LogP contribution in [-0.2, 0) is 4.74 Å². The third kappa shape index (κ3) is 2.49. The van der Waals surface area contributed by atoms with Crippen LogP contribution in [-0.4, -0.2) is 37.0 Å². The summed E-state index contributed by atoms with van der Waals surface area (Å²) in [4.78, 5) is 24.5. The maximum atomic E-state index is 11.5. The van der Waals surface area contributed by atoms with E-state index in [1.165, 1.54) is 16.8 Å². The number of aromatic nitrogens is 2. The third-order valence-corrected chi connectivity index (χ3v) is 3.09. The van der Waals surface area contributed by atoms with Crippen molar-refractivity contribution in [1.82, 2.24) is 9.55 Å². The lowest BCUT2D eigenvalue weighted by atomic mass is 10.2. The van der Waals surface area contributed by atoms with E-state index in [0.29, 0.717) is 0 Å². The molecule has 4 atom stereocenters. The Bertz CT molecular complexity index is 511. The van der Waals surface area contributed by atoms with Crippen LogP contribution in [0.4, 0.5) is 0 Å². The predicted octanol–water partition coefficient (Wildman–Crippen LogP) is -1.10. The minimum atomic E-state index is -1.01. The number of nitrogens with zero attached hydrogens (tertiary/aromatic N) is 1. The highest BCUT2D eigenvalue weighted by Gasteiger charge is 2.38. The van der Waals surface area contributed by atoms with Gasteiger partial charge in [-0.1, -0.05) is 15.9 Å². The number of aliphatic hydroxyl groups excluding tert-OH is 2. The van der Waals surface area contributed by atoms with Crippen molar-refractivity contribution in [3.63, 3.8) is 0 Å². The number of rotatable bonds is 2. The summed E-state index contributed by atoms with van der Waals surface area (Å²) in [6.45, 7) is 0. The normalized spacial score (nSPS) is 30.4. The Hall–Kier alpha value is -0.960. The van der Waals surface area contributed by atoms with Crippen molar-refractivity contribution in [2.75, 3.05) is 0 Å². The zero-order valence-corrected chi connectivity index (χ0v) is 10.2. The van der Waals surface area contributed by atoms with E-state index in [1.807, 2.05) is 0 Å². The van der Waals surface area contributed by atoms with Crippen molar-refractivity contribution >= 4 is 15.9 Å². The zero-order valence-electron chi connectivity index (χ0n) is 8.62. The first kappa shape index (κ1) is 12.5. The van der Waals surface area contributed by atoms with Crippen molar-refractivity contribution in [3.8, 4) is 0 Å². The highest BCUT2D eigenvalue weighted by atomic mass is 79.9. The van der Waals surface area contributed by atoms with E-state index in [-0.39, 0.29) is 6.42 Å². The molecule has 94 valence electrons. The van der Waals surface area contributed by atoms with E-state index in [0.717, 1.165) is 0 Å². The quantitative estimate of drug-likeness (QED) is 0.602. The first-order chi connectivity index (χ1) is 7.99. The topological polar surface area (TPSA) is 105 Å². The van der Waals surface area contributed by atoms with Crippen LogP contribution < -0.4 is 11.2 Å². The fourth-order valence-corrected chi connectivity index (χ4v) is 2.23. The smallest absolute Gasteiger partial charge is 0.330 e. The van der Waals surface area contributed by atoms with Gasteiger partial charge < -0.3 is 14.9 Å². The van der Waals surface area contributed by atoms with Gasteiger partial charge in [-0.3, -0.25) is 14.3 Å². The lowest BCUT2D eigenvalue weighted by Gasteiger charge is -2.16. The van der Waals surface area contributed by atoms with Crippen LogP contribution in [0.5, 0.6) is 0 Å². The van der Waals surface area contributed by atoms with E-state index >= 15 is 0 Å². The molecule has 2 unspecified atom stereocenters. The van der Waals surface area contributed by atoms with Gasteiger partial charge in [-0.05, 0) is 0 Å². The second-order valence-electron chi connectivity index (χ2n) is 3.75. The Labute approximate surface area is 104 Å². The molecular formula is C9H11BrN2O5. The highest BCUT2D eigenvalue weighted by molar-refractivity contribution is 9.09. The second-order valence-corrected chi connectivity index (χ2v) is 4.69. The Balaban J connectivity index is 2.26. The minimum absolute atomic E-state index is 0.166. The lowest BCUT2D eigenvalue weighted by molar-refractivity contribution is -0.0544. The molecule has 1 aliphatic rings. The molecule has 0 spiro atoms. The molecule has 17 heavy (non-hydrogen) atoms. The molecule has 2 rings (SSSR count). The van der Waals surface area contributed by atoms with Crippen LogP contribution in [0.1, 0.15) is 12.6 Å². The van der Waals surface area contributed by atoms with E-state index in [4.69, 9.17) is 4.74 Å². The van der Waals surface area contributed by atoms with E-state index < -0.39 is 34.7 Å². The van der Waals surface area contributed by atoms with Gasteiger partial charge >= 0.3 is 5.69 Å². The van der Waals surface area contributed by atoms with Crippen LogP contribution in [0.25, 0.3) is 0 Å². The van der Waals surface area contributed by atoms with Gasteiger partial charge in [0.25, 0.3) is 5.56 Å². The van der Waals surface area contributed by atoms with Gasteiger partial charge in [-0.15, -0.1) is 0 Å². The second kappa shape index (κ2) is 4.73. The lowest BCUT2D eigenvalue weighted by Crippen LogP contribution is -2.32. The van der Waals surface area contributed by atoms with Crippen molar-refractivity contribution < 1.29 is 14.9 Å². The number of halogens is 1. The maximum Gasteiger partial charge on any atom is 0.330 e. The van der Waals surface area contributed by atoms with Gasteiger partial charge in [0.1, 0.15) is 17.3 Å². The first-order valence-electron chi connectivity index (χ1n) is 4.96. The molecular weight excluding hydrogens is 296 g/mol. The molecule has 0 bridgehead atoms. The minimum Gasteiger partial charge on any atom is -0.390 e. The Morgan fingerprint density at radius 3 is 2.82 bits per heavy atom. The number of ether oxygens (including phenoxy) is 1. The third-order valence-electron chi connectivity index (χ3n) is 2.57. The summed E-state index contributed by atoms with van der Waals surface area (Å²) in [7, 11) is 0. The monoisotopic (exact) mass is 306 g/mol. The van der Waals surface area contributed by atoms with Crippen LogP contribution in [0.2, 0.25) is 0 Å². The summed E-state index contributed by atoms with van der Waals surface area (Å²) in [5, 5.41) is 17.9. The molecule has 0 amide bonds. The summed E-state index contributed by atoms with van der Waals surface area (Å²) < 4.78 is 6.50. The number of aromatic amines is 1. The summed E-state index contributed by atoms with van der Waals surface area (Å²) in [6, 6.07) is 1.19. The number of nitrogens with one attached hydrogen (secondary N) is 1. The summed E-state index contributed by atoms with van der Waals surface area (Å²) in [6.07, 6.45) is -0.931. The summed E-state index contributed by atoms with van der Waals surface area (Å²) >= 11 is 2.90. The average molecular weight is 307 g/mol. The zero-order chi connectivity index (χ0) is 12.6. The van der Waals surface area contributed by atoms with Crippen LogP contribution in [0.3, 0.4) is 0 Å². The fraction of sp³-hybridized carbons (Fsp3) is 0.556. The van der Waals surface area contributed by atoms with Crippen molar-refractivity contribution in [2.45, 2.75) is 29.9 Å². The molecule has 0 radical (unpaired) electrons. The van der Waals surface area contributed by atoms with E-state index in [2.05, 4.69) is 20.9 Å². The first-order valence-corrected chi connectivity index (χ1v) is 5.88. The van der Waals surface area contributed by atoms with Crippen molar-refractivity contribution in [2.24, 2.45) is 0 Å². The van der Waals surface area contributed by atoms with Crippen molar-refractivity contribution in [3.05, 3.63) is 33.1 Å². The van der Waals surface area contributed by atoms with Crippen LogP contribution >= 0.6 is 15.9 Å². The molecule has 7 nitrogen and oxygen atoms in total. The number of alkyl halides is 1. The van der Waals surface area contributed by atoms with Crippen LogP contribution in [0.15, 0.2) is 21.9 Å². The van der Waals surface area contributed by atoms with Gasteiger partial charge in [0.2, 0.25) is 0 Å². The largest absolute Gasteiger partial charge is 0.390 e. The standard InChI is InChI=1S/C9H11BrN2O5/c10-8(15)7-4(13)3-6(17-7)12-2-1-5(14)11-9(12)16/h1-2,4,6-8,13,15H,3H2,(H,11,14,16)/t4-,6?,7-,8?/m0/s1. The maximum absolute atomic E-state index is 11.5. The number of hydrogen-bond acceptors (Lipinski definition) is 5. The molecule has 1 aliphatic heterocycles. The molecule has 0 saturated carbocycles. The van der Waals surface area contributed by atoms with Gasteiger partial charge in [0, 0.05) is 18.7 Å². The van der Waals surface area contributed by atoms with Crippen LogP contribution in [0, 0.1) is 0 Å². The van der Waals surface area contributed by atoms with E-state index in [9.17, 15) is 19.8 Å². The number of aliphatic hydroxyl groups is 2. The van der Waals surface area contributed by atoms with Gasteiger partial charge in [0.15, 0.2) is 0 Å². The summed E-state index contributed by atoms with van der Waals surface area (Å²) in [5.41, 5.74) is -1.11. The molecule has 3 N–H and O–H groups in total. The van der Waals surface area contributed by atoms with Gasteiger partial charge in [-0.25, -0.2) is 4.79 Å². The van der Waals surface area contributed by atoms with Gasteiger partial charge in [0.05, 0.1) is 6.10 Å². The molecule has 1 aromatic rings. The van der Waals surface area contributed by atoms with Gasteiger partial charge in [-0.2, -0.15) is 0 Å². The Morgan fingerprint density at radius 1 is 1.59 bits per heavy atom. The highest BCUT2D eigenvalue weighted by Crippen LogP contribution is 2.30. The molecule has 0 aromatic carbocycles. The van der Waals surface area contributed by atoms with Crippen molar-refractivity contribution in [1.29, 1.82) is 0 Å². The predicted molar refractivity (Wildman–Crippen MR) is 60.8 cm³/mol. The fourth-order valence-electron chi connectivity index (χ4n) is 1.75. The summed E-state index contributed by atoms with van der Waals surface area (Å²) in [5.74, 6) is 0. The molecule has 1 saturated heterocycles. The molecule has 2 heterocycles. The van der Waals surface area contributed by atoms with E-state index in [1.54, 1.807) is 0 Å². The Kier molecular flexibility index (Phi) is 3.48. The average Bonchev–Trinajstić information content (AvgIpc) is 2.60. The number of hydrogen-bond donors (Lipinski definition) is 3. The Morgan fingerprint density at radius 2 is 2.29 bits per heavy atom. The molecule has 1 fully saturated rings. The number of H-pyrrole nitrogens is 1. The molecule has 0 aliphatic carbocycles.